The van der Waals surface area contributed by atoms with Gasteiger partial charge in [0.05, 0.1) is 6.33 Å². The van der Waals surface area contributed by atoms with E-state index in [4.69, 9.17) is 4.74 Å². The zero-order valence-electron chi connectivity index (χ0n) is 15.7. The molecule has 2 heterocycles. The number of hydrogen-bond acceptors (Lipinski definition) is 3. The molecule has 1 aliphatic heterocycles. The van der Waals surface area contributed by atoms with E-state index in [2.05, 4.69) is 57.0 Å². The molecule has 4 heteroatoms. The smallest absolute Gasteiger partial charge is 0.119 e. The third-order valence-electron chi connectivity index (χ3n) is 5.31. The third-order valence-corrected chi connectivity index (χ3v) is 5.31. The number of imidazole rings is 1. The summed E-state index contributed by atoms with van der Waals surface area (Å²) in [6, 6.07) is 18.8. The summed E-state index contributed by atoms with van der Waals surface area (Å²) in [5, 5.41) is 0. The molecule has 0 saturated carbocycles. The van der Waals surface area contributed by atoms with Crippen molar-refractivity contribution in [2.24, 2.45) is 5.92 Å². The molecule has 0 radical (unpaired) electrons. The minimum Gasteiger partial charge on any atom is -0.489 e. The maximum atomic E-state index is 5.88. The summed E-state index contributed by atoms with van der Waals surface area (Å²) >= 11 is 0. The second kappa shape index (κ2) is 8.87. The molecule has 1 fully saturated rings. The van der Waals surface area contributed by atoms with Crippen molar-refractivity contribution >= 4 is 0 Å². The molecule has 3 aromatic rings. The van der Waals surface area contributed by atoms with E-state index < -0.39 is 0 Å². The van der Waals surface area contributed by atoms with Gasteiger partial charge in [-0.2, -0.15) is 0 Å². The molecule has 0 amide bonds. The molecule has 4 nitrogen and oxygen atoms in total. The summed E-state index contributed by atoms with van der Waals surface area (Å²) in [5.41, 5.74) is 2.55. The number of likely N-dealkylation sites (tertiary alicyclic amines) is 1. The highest BCUT2D eigenvalue weighted by Crippen LogP contribution is 2.21. The molecule has 0 bridgehead atoms. The Balaban J connectivity index is 1.22. The van der Waals surface area contributed by atoms with E-state index in [0.717, 1.165) is 24.8 Å². The van der Waals surface area contributed by atoms with Crippen molar-refractivity contribution in [3.05, 3.63) is 84.4 Å². The van der Waals surface area contributed by atoms with Crippen LogP contribution in [0.25, 0.3) is 0 Å². The topological polar surface area (TPSA) is 30.3 Å². The highest BCUT2D eigenvalue weighted by molar-refractivity contribution is 5.27. The number of nitrogens with zero attached hydrogens (tertiary/aromatic N) is 3. The minimum atomic E-state index is 0.616. The first-order chi connectivity index (χ1) is 13.3. The Morgan fingerprint density at radius 3 is 2.41 bits per heavy atom. The van der Waals surface area contributed by atoms with Gasteiger partial charge in [-0.05, 0) is 55.1 Å². The van der Waals surface area contributed by atoms with Gasteiger partial charge < -0.3 is 9.30 Å². The zero-order chi connectivity index (χ0) is 18.3. The average molecular weight is 361 g/mol. The summed E-state index contributed by atoms with van der Waals surface area (Å²) in [6.07, 6.45) is 8.37. The van der Waals surface area contributed by atoms with E-state index in [0.29, 0.717) is 6.61 Å². The lowest BCUT2D eigenvalue weighted by molar-refractivity contribution is 0.167. The molecular formula is C23H27N3O. The van der Waals surface area contributed by atoms with Gasteiger partial charge in [0.15, 0.2) is 0 Å². The van der Waals surface area contributed by atoms with Crippen molar-refractivity contribution in [2.45, 2.75) is 32.5 Å². The first-order valence-corrected chi connectivity index (χ1v) is 9.79. The second-order valence-corrected chi connectivity index (χ2v) is 7.40. The number of benzene rings is 2. The first-order valence-electron chi connectivity index (χ1n) is 9.79. The van der Waals surface area contributed by atoms with Gasteiger partial charge in [0.1, 0.15) is 12.4 Å². The fraction of sp³-hybridized carbons (Fsp3) is 0.348. The molecule has 0 N–H and O–H groups in total. The van der Waals surface area contributed by atoms with Gasteiger partial charge in [0.25, 0.3) is 0 Å². The second-order valence-electron chi connectivity index (χ2n) is 7.40. The largest absolute Gasteiger partial charge is 0.489 e. The summed E-state index contributed by atoms with van der Waals surface area (Å²) in [4.78, 5) is 6.70. The number of aromatic nitrogens is 2. The van der Waals surface area contributed by atoms with Crippen LogP contribution in [0.2, 0.25) is 0 Å². The molecule has 0 aliphatic carbocycles. The molecule has 0 spiro atoms. The maximum absolute atomic E-state index is 5.88. The maximum Gasteiger partial charge on any atom is 0.119 e. The van der Waals surface area contributed by atoms with Crippen molar-refractivity contribution in [2.75, 3.05) is 13.1 Å². The summed E-state index contributed by atoms with van der Waals surface area (Å²) in [7, 11) is 0. The highest BCUT2D eigenvalue weighted by atomic mass is 16.5. The molecular weight excluding hydrogens is 334 g/mol. The van der Waals surface area contributed by atoms with Crippen LogP contribution in [0, 0.1) is 5.92 Å². The SMILES string of the molecule is c1ccc(COc2ccc(CN3CCC(Cn4ccnc4)CC3)cc2)cc1. The summed E-state index contributed by atoms with van der Waals surface area (Å²) in [5.74, 6) is 1.70. The minimum absolute atomic E-state index is 0.616. The van der Waals surface area contributed by atoms with Crippen LogP contribution in [-0.4, -0.2) is 27.5 Å². The predicted molar refractivity (Wildman–Crippen MR) is 107 cm³/mol. The molecule has 27 heavy (non-hydrogen) atoms. The van der Waals surface area contributed by atoms with E-state index in [-0.39, 0.29) is 0 Å². The van der Waals surface area contributed by atoms with Gasteiger partial charge in [-0.1, -0.05) is 42.5 Å². The lowest BCUT2D eigenvalue weighted by atomic mass is 9.96. The van der Waals surface area contributed by atoms with Crippen molar-refractivity contribution < 1.29 is 4.74 Å². The molecule has 0 atom stereocenters. The first kappa shape index (κ1) is 17.8. The van der Waals surface area contributed by atoms with Crippen LogP contribution in [-0.2, 0) is 19.7 Å². The Labute approximate surface area is 161 Å². The lowest BCUT2D eigenvalue weighted by Gasteiger charge is -2.32. The van der Waals surface area contributed by atoms with Gasteiger partial charge in [0, 0.05) is 25.5 Å². The fourth-order valence-electron chi connectivity index (χ4n) is 3.71. The van der Waals surface area contributed by atoms with Crippen LogP contribution in [0.3, 0.4) is 0 Å². The van der Waals surface area contributed by atoms with Gasteiger partial charge in [-0.3, -0.25) is 4.90 Å². The van der Waals surface area contributed by atoms with E-state index in [9.17, 15) is 0 Å². The van der Waals surface area contributed by atoms with Crippen molar-refractivity contribution in [3.8, 4) is 5.75 Å². The molecule has 0 unspecified atom stereocenters. The van der Waals surface area contributed by atoms with Crippen LogP contribution in [0.15, 0.2) is 73.3 Å². The monoisotopic (exact) mass is 361 g/mol. The van der Waals surface area contributed by atoms with Crippen molar-refractivity contribution in [3.63, 3.8) is 0 Å². The van der Waals surface area contributed by atoms with E-state index in [1.807, 2.05) is 30.7 Å². The van der Waals surface area contributed by atoms with E-state index >= 15 is 0 Å². The quantitative estimate of drug-likeness (QED) is 0.626. The van der Waals surface area contributed by atoms with E-state index in [1.54, 1.807) is 0 Å². The zero-order valence-corrected chi connectivity index (χ0v) is 15.7. The van der Waals surface area contributed by atoms with Gasteiger partial charge >= 0.3 is 0 Å². The Hall–Kier alpha value is -2.59. The van der Waals surface area contributed by atoms with Crippen LogP contribution in [0.5, 0.6) is 5.75 Å². The Bertz CT molecular complexity index is 791. The molecule has 140 valence electrons. The van der Waals surface area contributed by atoms with E-state index in [1.165, 1.54) is 37.1 Å². The Kier molecular flexibility index (Phi) is 5.85. The van der Waals surface area contributed by atoms with Crippen molar-refractivity contribution in [1.29, 1.82) is 0 Å². The molecule has 2 aromatic carbocycles. The molecule has 1 aliphatic rings. The van der Waals surface area contributed by atoms with Crippen LogP contribution in [0.4, 0.5) is 0 Å². The van der Waals surface area contributed by atoms with Crippen LogP contribution < -0.4 is 4.74 Å². The van der Waals surface area contributed by atoms with Gasteiger partial charge in [-0.15, -0.1) is 0 Å². The normalized spacial score (nSPS) is 15.7. The predicted octanol–water partition coefficient (Wildman–Crippen LogP) is 4.37. The number of ether oxygens (including phenoxy) is 1. The highest BCUT2D eigenvalue weighted by Gasteiger charge is 2.19. The standard InChI is InChI=1S/C23H27N3O/c1-2-4-22(5-3-1)18-27-23-8-6-20(7-9-23)16-25-13-10-21(11-14-25)17-26-15-12-24-19-26/h1-9,12,15,19,21H,10-11,13-14,16-18H2. The van der Waals surface area contributed by atoms with Gasteiger partial charge in [0.2, 0.25) is 0 Å². The lowest BCUT2D eigenvalue weighted by Crippen LogP contribution is -2.34. The van der Waals surface area contributed by atoms with Crippen LogP contribution in [0.1, 0.15) is 24.0 Å². The number of rotatable bonds is 7. The number of hydrogen-bond donors (Lipinski definition) is 0. The van der Waals surface area contributed by atoms with Gasteiger partial charge in [-0.25, -0.2) is 4.98 Å². The Morgan fingerprint density at radius 2 is 1.70 bits per heavy atom. The molecule has 1 saturated heterocycles. The summed E-state index contributed by atoms with van der Waals surface area (Å²) in [6.45, 7) is 5.08. The van der Waals surface area contributed by atoms with Crippen LogP contribution >= 0.6 is 0 Å². The molecule has 1 aromatic heterocycles. The van der Waals surface area contributed by atoms with Crippen molar-refractivity contribution in [1.82, 2.24) is 14.5 Å². The molecule has 4 rings (SSSR count). The summed E-state index contributed by atoms with van der Waals surface area (Å²) < 4.78 is 8.08. The number of piperidine rings is 1. The fourth-order valence-corrected chi connectivity index (χ4v) is 3.71. The average Bonchev–Trinajstić information content (AvgIpc) is 3.23. The third kappa shape index (κ3) is 5.20. The Morgan fingerprint density at radius 1 is 0.926 bits per heavy atom.